The van der Waals surface area contributed by atoms with Gasteiger partial charge < -0.3 is 4.90 Å². The lowest BCUT2D eigenvalue weighted by Gasteiger charge is -2.27. The van der Waals surface area contributed by atoms with E-state index in [4.69, 9.17) is 11.6 Å². The molecule has 3 aromatic rings. The highest BCUT2D eigenvalue weighted by Crippen LogP contribution is 2.38. The number of benzene rings is 1. The number of hydrogen-bond acceptors (Lipinski definition) is 4. The van der Waals surface area contributed by atoms with Gasteiger partial charge in [-0.25, -0.2) is 9.37 Å². The number of rotatable bonds is 3. The zero-order chi connectivity index (χ0) is 21.5. The molecule has 1 saturated heterocycles. The Morgan fingerprint density at radius 2 is 1.93 bits per heavy atom. The largest absolute Gasteiger partial charge is 0.417 e. The van der Waals surface area contributed by atoms with E-state index in [1.807, 2.05) is 4.90 Å². The zero-order valence-electron chi connectivity index (χ0n) is 15.4. The van der Waals surface area contributed by atoms with Gasteiger partial charge in [0.05, 0.1) is 23.5 Å². The first kappa shape index (κ1) is 20.3. The van der Waals surface area contributed by atoms with Gasteiger partial charge in [0.1, 0.15) is 10.8 Å². The normalized spacial score (nSPS) is 16.8. The molecule has 1 aromatic carbocycles. The van der Waals surface area contributed by atoms with Crippen LogP contribution in [-0.2, 0) is 6.18 Å². The molecule has 1 aliphatic heterocycles. The minimum absolute atomic E-state index is 0.0791. The van der Waals surface area contributed by atoms with Crippen LogP contribution in [0.15, 0.2) is 53.6 Å². The number of alkyl halides is 3. The van der Waals surface area contributed by atoms with Crippen LogP contribution in [-0.4, -0.2) is 21.3 Å². The predicted octanol–water partition coefficient (Wildman–Crippen LogP) is 4.78. The molecule has 0 unspecified atom stereocenters. The van der Waals surface area contributed by atoms with Crippen LogP contribution in [0.4, 0.5) is 23.2 Å². The second-order valence-corrected chi connectivity index (χ2v) is 7.25. The smallest absolute Gasteiger partial charge is 0.362 e. The van der Waals surface area contributed by atoms with Gasteiger partial charge in [-0.2, -0.15) is 23.0 Å². The number of aromatic nitrogens is 3. The quantitative estimate of drug-likeness (QED) is 0.552. The molecular formula is C20H15ClF4N4O. The summed E-state index contributed by atoms with van der Waals surface area (Å²) < 4.78 is 52.7. The standard InChI is InChI=1S/C20H15ClF4N4O/c21-18-16(28-8-2-5-15(28)12-3-1-4-14(22)9-12)11-27-29(19(18)30)17-7-6-13(10-26-17)20(23,24)25/h1,3-4,6-7,9-11,15H,2,5,8H2/t15-/m1/s1. The third kappa shape index (κ3) is 3.77. The first-order valence-electron chi connectivity index (χ1n) is 9.09. The van der Waals surface area contributed by atoms with Crippen molar-refractivity contribution in [2.75, 3.05) is 11.4 Å². The van der Waals surface area contributed by atoms with Crippen molar-refractivity contribution >= 4 is 17.3 Å². The summed E-state index contributed by atoms with van der Waals surface area (Å²) in [7, 11) is 0. The molecule has 1 aliphatic rings. The molecular weight excluding hydrogens is 424 g/mol. The van der Waals surface area contributed by atoms with Gasteiger partial charge in [-0.3, -0.25) is 4.79 Å². The third-order valence-corrected chi connectivity index (χ3v) is 5.34. The predicted molar refractivity (Wildman–Crippen MR) is 103 cm³/mol. The van der Waals surface area contributed by atoms with E-state index < -0.39 is 17.3 Å². The van der Waals surface area contributed by atoms with E-state index in [2.05, 4.69) is 10.1 Å². The summed E-state index contributed by atoms with van der Waals surface area (Å²) in [5.74, 6) is -0.433. The number of pyridine rings is 1. The molecule has 5 nitrogen and oxygen atoms in total. The summed E-state index contributed by atoms with van der Waals surface area (Å²) in [5.41, 5.74) is -0.489. The van der Waals surface area contributed by atoms with Gasteiger partial charge in [0.15, 0.2) is 5.82 Å². The van der Waals surface area contributed by atoms with Gasteiger partial charge in [0, 0.05) is 12.7 Å². The molecule has 0 bridgehead atoms. The minimum Gasteiger partial charge on any atom is -0.362 e. The fourth-order valence-electron chi connectivity index (χ4n) is 3.58. The van der Waals surface area contributed by atoms with Crippen molar-refractivity contribution in [3.05, 3.63) is 81.1 Å². The maximum absolute atomic E-state index is 13.6. The lowest BCUT2D eigenvalue weighted by Crippen LogP contribution is -2.29. The maximum atomic E-state index is 13.6. The van der Waals surface area contributed by atoms with Crippen molar-refractivity contribution in [3.8, 4) is 5.82 Å². The van der Waals surface area contributed by atoms with Gasteiger partial charge >= 0.3 is 6.18 Å². The molecule has 1 atom stereocenters. The van der Waals surface area contributed by atoms with Gasteiger partial charge in [-0.15, -0.1) is 0 Å². The molecule has 10 heteroatoms. The van der Waals surface area contributed by atoms with Crippen molar-refractivity contribution in [1.29, 1.82) is 0 Å². The molecule has 0 amide bonds. The van der Waals surface area contributed by atoms with Crippen molar-refractivity contribution in [2.24, 2.45) is 0 Å². The van der Waals surface area contributed by atoms with E-state index in [1.165, 1.54) is 18.3 Å². The fraction of sp³-hybridized carbons (Fsp3) is 0.250. The van der Waals surface area contributed by atoms with Crippen molar-refractivity contribution in [1.82, 2.24) is 14.8 Å². The first-order valence-corrected chi connectivity index (χ1v) is 9.47. The number of nitrogens with zero attached hydrogens (tertiary/aromatic N) is 4. The van der Waals surface area contributed by atoms with Crippen LogP contribution in [0.25, 0.3) is 5.82 Å². The molecule has 1 fully saturated rings. The molecule has 2 aromatic heterocycles. The van der Waals surface area contributed by atoms with Crippen LogP contribution in [0.1, 0.15) is 30.0 Å². The Bertz CT molecular complexity index is 1130. The molecule has 0 aliphatic carbocycles. The Hall–Kier alpha value is -2.94. The first-order chi connectivity index (χ1) is 14.3. The van der Waals surface area contributed by atoms with Crippen LogP contribution in [0, 0.1) is 5.82 Å². The van der Waals surface area contributed by atoms with Crippen LogP contribution in [0.2, 0.25) is 5.02 Å². The number of halogens is 5. The number of hydrogen-bond donors (Lipinski definition) is 0. The summed E-state index contributed by atoms with van der Waals surface area (Å²) in [6.45, 7) is 0.602. The van der Waals surface area contributed by atoms with E-state index in [0.717, 1.165) is 35.2 Å². The number of anilines is 1. The Morgan fingerprint density at radius 3 is 2.60 bits per heavy atom. The van der Waals surface area contributed by atoms with Gasteiger partial charge in [-0.1, -0.05) is 23.7 Å². The molecule has 0 N–H and O–H groups in total. The molecule has 0 saturated carbocycles. The summed E-state index contributed by atoms with van der Waals surface area (Å²) in [4.78, 5) is 18.3. The van der Waals surface area contributed by atoms with Crippen molar-refractivity contribution in [2.45, 2.75) is 25.1 Å². The molecule has 0 radical (unpaired) electrons. The van der Waals surface area contributed by atoms with E-state index in [-0.39, 0.29) is 22.7 Å². The van der Waals surface area contributed by atoms with E-state index in [1.54, 1.807) is 12.1 Å². The van der Waals surface area contributed by atoms with Crippen molar-refractivity contribution in [3.63, 3.8) is 0 Å². The van der Waals surface area contributed by atoms with Crippen LogP contribution >= 0.6 is 11.6 Å². The van der Waals surface area contributed by atoms with Crippen LogP contribution in [0.5, 0.6) is 0 Å². The van der Waals surface area contributed by atoms with Gasteiger partial charge in [-0.05, 0) is 42.7 Å². The summed E-state index contributed by atoms with van der Waals surface area (Å²) >= 11 is 6.32. The summed E-state index contributed by atoms with van der Waals surface area (Å²) in [5, 5.41) is 3.92. The third-order valence-electron chi connectivity index (χ3n) is 4.99. The maximum Gasteiger partial charge on any atom is 0.417 e. The van der Waals surface area contributed by atoms with Gasteiger partial charge in [0.2, 0.25) is 0 Å². The van der Waals surface area contributed by atoms with Crippen LogP contribution in [0.3, 0.4) is 0 Å². The fourth-order valence-corrected chi connectivity index (χ4v) is 3.82. The Morgan fingerprint density at radius 1 is 1.13 bits per heavy atom. The van der Waals surface area contributed by atoms with Gasteiger partial charge in [0.25, 0.3) is 5.56 Å². The molecule has 0 spiro atoms. The molecule has 30 heavy (non-hydrogen) atoms. The highest BCUT2D eigenvalue weighted by Gasteiger charge is 2.31. The molecule has 156 valence electrons. The second kappa shape index (κ2) is 7.71. The second-order valence-electron chi connectivity index (χ2n) is 6.87. The average Bonchev–Trinajstić information content (AvgIpc) is 3.19. The Balaban J connectivity index is 1.68. The van der Waals surface area contributed by atoms with E-state index in [0.29, 0.717) is 18.4 Å². The molecule has 3 heterocycles. The molecule has 4 rings (SSSR count). The summed E-state index contributed by atoms with van der Waals surface area (Å²) in [6, 6.07) is 7.93. The topological polar surface area (TPSA) is 51.0 Å². The average molecular weight is 439 g/mol. The van der Waals surface area contributed by atoms with E-state index in [9.17, 15) is 22.4 Å². The zero-order valence-corrected chi connectivity index (χ0v) is 16.2. The summed E-state index contributed by atoms with van der Waals surface area (Å²) in [6.07, 6.45) is -0.954. The highest BCUT2D eigenvalue weighted by atomic mass is 35.5. The monoisotopic (exact) mass is 438 g/mol. The van der Waals surface area contributed by atoms with E-state index >= 15 is 0 Å². The lowest BCUT2D eigenvalue weighted by atomic mass is 10.0. The SMILES string of the molecule is O=c1c(Cl)c(N2CCC[C@@H]2c2cccc(F)c2)cnn1-c1ccc(C(F)(F)F)cn1. The Labute approximate surface area is 173 Å². The minimum atomic E-state index is -4.53. The van der Waals surface area contributed by atoms with Crippen LogP contribution < -0.4 is 10.5 Å². The lowest BCUT2D eigenvalue weighted by molar-refractivity contribution is -0.137. The van der Waals surface area contributed by atoms with Crippen molar-refractivity contribution < 1.29 is 17.6 Å². The highest BCUT2D eigenvalue weighted by molar-refractivity contribution is 6.33. The Kier molecular flexibility index (Phi) is 5.23.